The molecule has 1 saturated heterocycles. The van der Waals surface area contributed by atoms with Crippen molar-refractivity contribution in [1.82, 2.24) is 4.72 Å². The fourth-order valence-electron chi connectivity index (χ4n) is 3.08. The molecule has 5 nitrogen and oxygen atoms in total. The Kier molecular flexibility index (Phi) is 6.03. The van der Waals surface area contributed by atoms with Gasteiger partial charge in [0.15, 0.2) is 11.3 Å². The highest BCUT2D eigenvalue weighted by atomic mass is 32.2. The summed E-state index contributed by atoms with van der Waals surface area (Å²) >= 11 is 1.91. The van der Waals surface area contributed by atoms with Gasteiger partial charge >= 0.3 is 0 Å². The van der Waals surface area contributed by atoms with Crippen LogP contribution >= 0.6 is 11.8 Å². The average Bonchev–Trinajstić information content (AvgIpc) is 2.61. The Morgan fingerprint density at radius 3 is 2.52 bits per heavy atom. The molecule has 2 heterocycles. The summed E-state index contributed by atoms with van der Waals surface area (Å²) in [6.45, 7) is 11.5. The van der Waals surface area contributed by atoms with E-state index in [0.717, 1.165) is 35.7 Å². The molecular weight excluding hydrogens is 380 g/mol. The van der Waals surface area contributed by atoms with Crippen LogP contribution in [0.25, 0.3) is 11.0 Å². The molecule has 0 bridgehead atoms. The molecule has 3 rings (SSSR count). The van der Waals surface area contributed by atoms with Crippen LogP contribution < -0.4 is 15.1 Å². The number of anilines is 1. The molecule has 7 heteroatoms. The molecule has 0 aliphatic carbocycles. The molecule has 2 unspecified atom stereocenters. The third kappa shape index (κ3) is 4.58. The maximum absolute atomic E-state index is 12.8. The number of nitrogens with zero attached hydrogens (tertiary/aromatic N) is 1. The lowest BCUT2D eigenvalue weighted by Gasteiger charge is -2.27. The average molecular weight is 409 g/mol. The van der Waals surface area contributed by atoms with Gasteiger partial charge in [0.2, 0.25) is 0 Å². The van der Waals surface area contributed by atoms with Crippen LogP contribution in [0.1, 0.15) is 44.9 Å². The van der Waals surface area contributed by atoms with E-state index < -0.39 is 11.0 Å². The molecular formula is C20H28N2O3S2. The number of hydrogen-bond acceptors (Lipinski definition) is 5. The standard InChI is InChI=1S/C20H28N2O3S2/c1-13-10-15(14(2)21-27(24)20(3,4)5)19-16(11-13)17(23)12-18(25-19)22-6-8-26-9-7-22/h10-12,14,21H,6-9H2,1-5H3. The molecule has 0 radical (unpaired) electrons. The molecule has 1 aromatic carbocycles. The Labute approximate surface area is 167 Å². The topological polar surface area (TPSA) is 62.6 Å². The lowest BCUT2D eigenvalue weighted by molar-refractivity contribution is 0.565. The van der Waals surface area contributed by atoms with Gasteiger partial charge in [0, 0.05) is 42.3 Å². The van der Waals surface area contributed by atoms with Gasteiger partial charge in [-0.05, 0) is 46.2 Å². The van der Waals surface area contributed by atoms with Crippen LogP contribution in [-0.4, -0.2) is 33.6 Å². The molecule has 1 aliphatic rings. The molecule has 148 valence electrons. The number of fused-ring (bicyclic) bond motifs is 1. The van der Waals surface area contributed by atoms with Gasteiger partial charge in [0.05, 0.1) is 21.1 Å². The summed E-state index contributed by atoms with van der Waals surface area (Å²) < 4.78 is 21.6. The first-order chi connectivity index (χ1) is 12.7. The molecule has 2 aromatic rings. The number of benzene rings is 1. The third-order valence-corrected chi connectivity index (χ3v) is 7.24. The minimum absolute atomic E-state index is 0.0291. The summed E-state index contributed by atoms with van der Waals surface area (Å²) in [6.07, 6.45) is 0. The summed E-state index contributed by atoms with van der Waals surface area (Å²) in [5.74, 6) is 2.69. The van der Waals surface area contributed by atoms with Crippen LogP contribution in [0, 0.1) is 6.92 Å². The van der Waals surface area contributed by atoms with Crippen LogP contribution in [0.3, 0.4) is 0 Å². The molecule has 2 atom stereocenters. The SMILES string of the molecule is Cc1cc(C(C)NS(=O)C(C)(C)C)c2oc(N3CCSCC3)cc(=O)c2c1. The van der Waals surface area contributed by atoms with Crippen LogP contribution in [0.5, 0.6) is 0 Å². The van der Waals surface area contributed by atoms with E-state index in [2.05, 4.69) is 9.62 Å². The number of hydrogen-bond donors (Lipinski definition) is 1. The van der Waals surface area contributed by atoms with E-state index in [1.54, 1.807) is 6.07 Å². The number of aryl methyl sites for hydroxylation is 1. The van der Waals surface area contributed by atoms with Gasteiger partial charge in [-0.25, -0.2) is 8.93 Å². The molecule has 1 aromatic heterocycles. The minimum atomic E-state index is -1.22. The summed E-state index contributed by atoms with van der Waals surface area (Å²) in [6, 6.07) is 5.28. The number of rotatable bonds is 4. The lowest BCUT2D eigenvalue weighted by Crippen LogP contribution is -2.35. The summed E-state index contributed by atoms with van der Waals surface area (Å²) in [5.41, 5.74) is 2.42. The number of nitrogens with one attached hydrogen (secondary N) is 1. The van der Waals surface area contributed by atoms with E-state index in [0.29, 0.717) is 16.9 Å². The predicted octanol–water partition coefficient (Wildman–Crippen LogP) is 3.77. The van der Waals surface area contributed by atoms with Gasteiger partial charge < -0.3 is 9.32 Å². The monoisotopic (exact) mass is 408 g/mol. The van der Waals surface area contributed by atoms with Crippen molar-refractivity contribution in [3.05, 3.63) is 39.5 Å². The van der Waals surface area contributed by atoms with E-state index in [4.69, 9.17) is 4.42 Å². The smallest absolute Gasteiger partial charge is 0.200 e. The van der Waals surface area contributed by atoms with Gasteiger partial charge in [-0.1, -0.05) is 6.07 Å². The van der Waals surface area contributed by atoms with E-state index in [-0.39, 0.29) is 16.2 Å². The fourth-order valence-corrected chi connectivity index (χ4v) is 4.79. The van der Waals surface area contributed by atoms with E-state index in [1.807, 2.05) is 58.5 Å². The number of thioether (sulfide) groups is 1. The largest absolute Gasteiger partial charge is 0.440 e. The zero-order chi connectivity index (χ0) is 19.8. The Hall–Kier alpha value is -1.31. The molecule has 0 amide bonds. The van der Waals surface area contributed by atoms with E-state index >= 15 is 0 Å². The van der Waals surface area contributed by atoms with Crippen LogP contribution in [0.2, 0.25) is 0 Å². The van der Waals surface area contributed by atoms with E-state index in [9.17, 15) is 9.00 Å². The first-order valence-electron chi connectivity index (χ1n) is 9.26. The second-order valence-electron chi connectivity index (χ2n) is 8.00. The zero-order valence-corrected chi connectivity index (χ0v) is 18.3. The lowest BCUT2D eigenvalue weighted by atomic mass is 10.0. The first-order valence-corrected chi connectivity index (χ1v) is 11.6. The Bertz CT molecular complexity index is 912. The summed E-state index contributed by atoms with van der Waals surface area (Å²) in [4.78, 5) is 14.9. The Morgan fingerprint density at radius 1 is 1.22 bits per heavy atom. The third-order valence-electron chi connectivity index (χ3n) is 4.62. The maximum atomic E-state index is 12.8. The van der Waals surface area contributed by atoms with Gasteiger partial charge in [-0.3, -0.25) is 4.79 Å². The van der Waals surface area contributed by atoms with Crippen LogP contribution in [0.15, 0.2) is 27.4 Å². The fraction of sp³-hybridized carbons (Fsp3) is 0.550. The van der Waals surface area contributed by atoms with E-state index in [1.165, 1.54) is 0 Å². The van der Waals surface area contributed by atoms with Crippen molar-refractivity contribution < 1.29 is 8.63 Å². The predicted molar refractivity (Wildman–Crippen MR) is 116 cm³/mol. The minimum Gasteiger partial charge on any atom is -0.440 e. The maximum Gasteiger partial charge on any atom is 0.200 e. The van der Waals surface area contributed by atoms with Crippen molar-refractivity contribution >= 4 is 39.6 Å². The van der Waals surface area contributed by atoms with Gasteiger partial charge in [0.1, 0.15) is 5.58 Å². The van der Waals surface area contributed by atoms with Crippen LogP contribution in [-0.2, 0) is 11.0 Å². The van der Waals surface area contributed by atoms with Crippen molar-refractivity contribution in [3.63, 3.8) is 0 Å². The first kappa shape index (κ1) is 20.4. The second kappa shape index (κ2) is 7.97. The Balaban J connectivity index is 2.06. The van der Waals surface area contributed by atoms with Crippen molar-refractivity contribution in [1.29, 1.82) is 0 Å². The normalized spacial score (nSPS) is 17.9. The summed E-state index contributed by atoms with van der Waals surface area (Å²) in [5, 5.41) is 0.579. The molecule has 1 N–H and O–H groups in total. The molecule has 0 spiro atoms. The van der Waals surface area contributed by atoms with Crippen molar-refractivity contribution in [2.75, 3.05) is 29.5 Å². The van der Waals surface area contributed by atoms with Crippen molar-refractivity contribution in [2.24, 2.45) is 0 Å². The quantitative estimate of drug-likeness (QED) is 0.834. The van der Waals surface area contributed by atoms with Crippen molar-refractivity contribution in [2.45, 2.75) is 45.4 Å². The van der Waals surface area contributed by atoms with Gasteiger partial charge in [0.25, 0.3) is 0 Å². The highest BCUT2D eigenvalue weighted by Crippen LogP contribution is 2.29. The Morgan fingerprint density at radius 2 is 1.89 bits per heavy atom. The molecule has 1 aliphatic heterocycles. The van der Waals surface area contributed by atoms with Gasteiger partial charge in [-0.2, -0.15) is 11.8 Å². The van der Waals surface area contributed by atoms with Crippen molar-refractivity contribution in [3.8, 4) is 0 Å². The van der Waals surface area contributed by atoms with Gasteiger partial charge in [-0.15, -0.1) is 0 Å². The molecule has 1 fully saturated rings. The molecule has 0 saturated carbocycles. The molecule has 27 heavy (non-hydrogen) atoms. The highest BCUT2D eigenvalue weighted by Gasteiger charge is 2.24. The second-order valence-corrected chi connectivity index (χ2v) is 11.2. The zero-order valence-electron chi connectivity index (χ0n) is 16.6. The highest BCUT2D eigenvalue weighted by molar-refractivity contribution is 7.99. The van der Waals surface area contributed by atoms with Crippen LogP contribution in [0.4, 0.5) is 5.88 Å². The summed E-state index contributed by atoms with van der Waals surface area (Å²) in [7, 11) is -1.22.